The Balaban J connectivity index is 2.17. The molecule has 0 aromatic carbocycles. The number of primary amides is 1. The van der Waals surface area contributed by atoms with Gasteiger partial charge in [0.2, 0.25) is 5.91 Å². The lowest BCUT2D eigenvalue weighted by atomic mass is 10.1. The van der Waals surface area contributed by atoms with Crippen molar-refractivity contribution in [1.29, 1.82) is 5.26 Å². The Kier molecular flexibility index (Phi) is 2.92. The fraction of sp³-hybridized carbons (Fsp3) is 0.625. The lowest BCUT2D eigenvalue weighted by Gasteiger charge is -2.07. The molecule has 0 unspecified atom stereocenters. The van der Waals surface area contributed by atoms with Gasteiger partial charge in [-0.25, -0.2) is 4.79 Å². The number of carbonyl (C=O) groups excluding carboxylic acids is 2. The number of nitrogens with two attached hydrogens (primary N) is 1. The number of nitrogens with one attached hydrogen (secondary N) is 1. The molecule has 1 rings (SSSR count). The molecule has 2 amide bonds. The SMILES string of the molecule is N#CC1(C(=O)NCCOC(N)=O)CC1. The van der Waals surface area contributed by atoms with Crippen LogP contribution < -0.4 is 11.1 Å². The molecule has 0 aromatic rings. The maximum atomic E-state index is 11.3. The van der Waals surface area contributed by atoms with Crippen LogP contribution in [0.3, 0.4) is 0 Å². The Labute approximate surface area is 81.0 Å². The summed E-state index contributed by atoms with van der Waals surface area (Å²) in [6.45, 7) is 0.216. The molecule has 6 heteroatoms. The Morgan fingerprint density at radius 2 is 2.21 bits per heavy atom. The molecule has 1 fully saturated rings. The lowest BCUT2D eigenvalue weighted by Crippen LogP contribution is -2.34. The lowest BCUT2D eigenvalue weighted by molar-refractivity contribution is -0.124. The van der Waals surface area contributed by atoms with Gasteiger partial charge in [0.1, 0.15) is 12.0 Å². The monoisotopic (exact) mass is 197 g/mol. The Morgan fingerprint density at radius 3 is 2.64 bits per heavy atom. The van der Waals surface area contributed by atoms with Crippen molar-refractivity contribution >= 4 is 12.0 Å². The summed E-state index contributed by atoms with van der Waals surface area (Å²) < 4.78 is 4.40. The van der Waals surface area contributed by atoms with Crippen LogP contribution in [0.1, 0.15) is 12.8 Å². The van der Waals surface area contributed by atoms with Gasteiger partial charge in [-0.05, 0) is 12.8 Å². The highest BCUT2D eigenvalue weighted by Crippen LogP contribution is 2.44. The molecule has 0 radical (unpaired) electrons. The van der Waals surface area contributed by atoms with Crippen molar-refractivity contribution in [3.63, 3.8) is 0 Å². The van der Waals surface area contributed by atoms with E-state index in [2.05, 4.69) is 10.1 Å². The van der Waals surface area contributed by atoms with E-state index in [0.29, 0.717) is 12.8 Å². The molecule has 0 aliphatic heterocycles. The second-order valence-corrected chi connectivity index (χ2v) is 3.12. The molecular weight excluding hydrogens is 186 g/mol. The van der Waals surface area contributed by atoms with Crippen LogP contribution in [0.25, 0.3) is 0 Å². The van der Waals surface area contributed by atoms with Gasteiger partial charge in [-0.15, -0.1) is 0 Å². The van der Waals surface area contributed by atoms with Gasteiger partial charge in [-0.1, -0.05) is 0 Å². The van der Waals surface area contributed by atoms with Crippen LogP contribution in [-0.4, -0.2) is 25.2 Å². The van der Waals surface area contributed by atoms with Crippen LogP contribution in [0.5, 0.6) is 0 Å². The standard InChI is InChI=1S/C8H11N3O3/c9-5-8(1-2-8)6(12)11-3-4-14-7(10)13/h1-4H2,(H2,10,13)(H,11,12). The molecule has 0 spiro atoms. The van der Waals surface area contributed by atoms with Gasteiger partial charge in [0.15, 0.2) is 0 Å². The summed E-state index contributed by atoms with van der Waals surface area (Å²) in [5.41, 5.74) is 3.88. The van der Waals surface area contributed by atoms with Crippen molar-refractivity contribution in [2.24, 2.45) is 11.1 Å². The van der Waals surface area contributed by atoms with Gasteiger partial charge in [0.25, 0.3) is 0 Å². The second-order valence-electron chi connectivity index (χ2n) is 3.12. The molecule has 76 valence electrons. The fourth-order valence-electron chi connectivity index (χ4n) is 1.00. The molecule has 0 bridgehead atoms. The maximum Gasteiger partial charge on any atom is 0.404 e. The van der Waals surface area contributed by atoms with Crippen molar-refractivity contribution in [2.75, 3.05) is 13.2 Å². The third-order valence-electron chi connectivity index (χ3n) is 2.03. The zero-order chi connectivity index (χ0) is 10.6. The third kappa shape index (κ3) is 2.36. The molecular formula is C8H11N3O3. The van der Waals surface area contributed by atoms with Crippen molar-refractivity contribution in [1.82, 2.24) is 5.32 Å². The molecule has 0 heterocycles. The zero-order valence-electron chi connectivity index (χ0n) is 7.58. The van der Waals surface area contributed by atoms with E-state index in [1.54, 1.807) is 0 Å². The highest BCUT2D eigenvalue weighted by Gasteiger charge is 2.50. The van der Waals surface area contributed by atoms with E-state index in [9.17, 15) is 9.59 Å². The average molecular weight is 197 g/mol. The minimum absolute atomic E-state index is 0.0303. The summed E-state index contributed by atoms with van der Waals surface area (Å²) in [5, 5.41) is 11.2. The van der Waals surface area contributed by atoms with E-state index in [0.717, 1.165) is 0 Å². The van der Waals surface area contributed by atoms with E-state index in [1.165, 1.54) is 0 Å². The van der Waals surface area contributed by atoms with Crippen molar-refractivity contribution in [3.05, 3.63) is 0 Å². The summed E-state index contributed by atoms with van der Waals surface area (Å²) >= 11 is 0. The predicted molar refractivity (Wildman–Crippen MR) is 45.8 cm³/mol. The van der Waals surface area contributed by atoms with E-state index >= 15 is 0 Å². The summed E-state index contributed by atoms with van der Waals surface area (Å²) in [6, 6.07) is 1.96. The number of nitriles is 1. The van der Waals surface area contributed by atoms with Crippen molar-refractivity contribution in [2.45, 2.75) is 12.8 Å². The predicted octanol–water partition coefficient (Wildman–Crippen LogP) is -0.498. The molecule has 0 saturated heterocycles. The van der Waals surface area contributed by atoms with E-state index in [-0.39, 0.29) is 19.1 Å². The van der Waals surface area contributed by atoms with Gasteiger partial charge in [0.05, 0.1) is 12.6 Å². The zero-order valence-corrected chi connectivity index (χ0v) is 7.58. The molecule has 3 N–H and O–H groups in total. The first-order valence-corrected chi connectivity index (χ1v) is 4.22. The first-order valence-electron chi connectivity index (χ1n) is 4.22. The fourth-order valence-corrected chi connectivity index (χ4v) is 1.00. The summed E-state index contributed by atoms with van der Waals surface area (Å²) in [7, 11) is 0. The minimum Gasteiger partial charge on any atom is -0.448 e. The summed E-state index contributed by atoms with van der Waals surface area (Å²) in [5.74, 6) is -0.298. The van der Waals surface area contributed by atoms with E-state index in [4.69, 9.17) is 11.0 Å². The van der Waals surface area contributed by atoms with Gasteiger partial charge in [-0.3, -0.25) is 4.79 Å². The number of hydrogen-bond acceptors (Lipinski definition) is 4. The summed E-state index contributed by atoms with van der Waals surface area (Å²) in [6.07, 6.45) is 0.332. The first-order chi connectivity index (χ1) is 6.60. The Bertz CT molecular complexity index is 291. The number of carbonyl (C=O) groups is 2. The number of ether oxygens (including phenoxy) is 1. The molecule has 14 heavy (non-hydrogen) atoms. The quantitative estimate of drug-likeness (QED) is 0.592. The Morgan fingerprint density at radius 1 is 1.57 bits per heavy atom. The van der Waals surface area contributed by atoms with Crippen LogP contribution >= 0.6 is 0 Å². The number of nitrogens with zero attached hydrogens (tertiary/aromatic N) is 1. The molecule has 1 aliphatic rings. The second kappa shape index (κ2) is 3.96. The number of rotatable bonds is 4. The number of amides is 2. The van der Waals surface area contributed by atoms with Crippen molar-refractivity contribution in [3.8, 4) is 6.07 Å². The summed E-state index contributed by atoms with van der Waals surface area (Å²) in [4.78, 5) is 21.4. The van der Waals surface area contributed by atoms with Gasteiger partial charge in [0, 0.05) is 0 Å². The van der Waals surface area contributed by atoms with Crippen LogP contribution in [0.4, 0.5) is 4.79 Å². The molecule has 1 aliphatic carbocycles. The average Bonchev–Trinajstić information content (AvgIpc) is 2.92. The number of hydrogen-bond donors (Lipinski definition) is 2. The highest BCUT2D eigenvalue weighted by atomic mass is 16.5. The highest BCUT2D eigenvalue weighted by molar-refractivity contribution is 5.88. The largest absolute Gasteiger partial charge is 0.448 e. The van der Waals surface area contributed by atoms with Crippen LogP contribution in [0.2, 0.25) is 0 Å². The van der Waals surface area contributed by atoms with Crippen LogP contribution in [0.15, 0.2) is 0 Å². The topological polar surface area (TPSA) is 105 Å². The van der Waals surface area contributed by atoms with Crippen LogP contribution in [0, 0.1) is 16.7 Å². The van der Waals surface area contributed by atoms with Crippen molar-refractivity contribution < 1.29 is 14.3 Å². The Hall–Kier alpha value is -1.77. The van der Waals surface area contributed by atoms with E-state index in [1.807, 2.05) is 6.07 Å². The molecule has 0 atom stereocenters. The molecule has 1 saturated carbocycles. The van der Waals surface area contributed by atoms with Gasteiger partial charge >= 0.3 is 6.09 Å². The van der Waals surface area contributed by atoms with Crippen LogP contribution in [-0.2, 0) is 9.53 Å². The maximum absolute atomic E-state index is 11.3. The molecule has 0 aromatic heterocycles. The smallest absolute Gasteiger partial charge is 0.404 e. The first kappa shape index (κ1) is 10.3. The van der Waals surface area contributed by atoms with Gasteiger partial charge < -0.3 is 15.8 Å². The third-order valence-corrected chi connectivity index (χ3v) is 2.03. The minimum atomic E-state index is -0.874. The van der Waals surface area contributed by atoms with E-state index < -0.39 is 11.5 Å². The normalized spacial score (nSPS) is 16.5. The van der Waals surface area contributed by atoms with Gasteiger partial charge in [-0.2, -0.15) is 5.26 Å². The molecule has 6 nitrogen and oxygen atoms in total.